The number of ketones is 1. The molecule has 1 atom stereocenters. The largest absolute Gasteiger partial charge is 0.392 e. The van der Waals surface area contributed by atoms with Crippen LogP contribution in [0.1, 0.15) is 46.5 Å². The second kappa shape index (κ2) is 6.18. The fourth-order valence-corrected chi connectivity index (χ4v) is 0.945. The summed E-state index contributed by atoms with van der Waals surface area (Å²) in [5.74, 6) is 0.383. The van der Waals surface area contributed by atoms with Crippen LogP contribution in [0.2, 0.25) is 0 Å². The summed E-state index contributed by atoms with van der Waals surface area (Å²) in [5.41, 5.74) is 0. The molecule has 0 aliphatic rings. The normalized spacial score (nSPS) is 13.4. The number of hydrogen-bond acceptors (Lipinski definition) is 2. The minimum Gasteiger partial charge on any atom is -0.392 e. The van der Waals surface area contributed by atoms with E-state index < -0.39 is 6.10 Å². The first-order valence-electron chi connectivity index (χ1n) is 4.77. The van der Waals surface area contributed by atoms with Gasteiger partial charge in [-0.1, -0.05) is 27.2 Å². The van der Waals surface area contributed by atoms with Crippen molar-refractivity contribution < 1.29 is 9.90 Å². The number of unbranched alkanes of at least 4 members (excludes halogenated alkanes) is 1. The Kier molecular flexibility index (Phi) is 5.99. The molecule has 0 aliphatic heterocycles. The van der Waals surface area contributed by atoms with Crippen LogP contribution in [-0.2, 0) is 4.79 Å². The highest BCUT2D eigenvalue weighted by molar-refractivity contribution is 5.78. The number of rotatable bonds is 6. The molecule has 0 aliphatic carbocycles. The third-order valence-electron chi connectivity index (χ3n) is 2.02. The predicted octanol–water partition coefficient (Wildman–Crippen LogP) is 2.15. The molecule has 0 aromatic rings. The molecule has 0 fully saturated rings. The molecule has 72 valence electrons. The SMILES string of the molecule is CCCCC(=O)C[C@H](O)C(C)C. The third-order valence-corrected chi connectivity index (χ3v) is 2.02. The average Bonchev–Trinajstić information content (AvgIpc) is 2.00. The quantitative estimate of drug-likeness (QED) is 0.666. The fourth-order valence-electron chi connectivity index (χ4n) is 0.945. The second-order valence-corrected chi connectivity index (χ2v) is 3.66. The van der Waals surface area contributed by atoms with Crippen molar-refractivity contribution in [3.05, 3.63) is 0 Å². The minimum atomic E-state index is -0.450. The van der Waals surface area contributed by atoms with Crippen LogP contribution in [0.3, 0.4) is 0 Å². The molecule has 0 radical (unpaired) electrons. The summed E-state index contributed by atoms with van der Waals surface area (Å²) in [6.07, 6.45) is 2.50. The fraction of sp³-hybridized carbons (Fsp3) is 0.900. The molecule has 0 heterocycles. The molecule has 0 aromatic carbocycles. The Bertz CT molecular complexity index is 130. The van der Waals surface area contributed by atoms with E-state index in [1.54, 1.807) is 0 Å². The molecular weight excluding hydrogens is 152 g/mol. The maximum absolute atomic E-state index is 11.2. The minimum absolute atomic E-state index is 0.190. The summed E-state index contributed by atoms with van der Waals surface area (Å²) in [5, 5.41) is 9.38. The maximum Gasteiger partial charge on any atom is 0.135 e. The summed E-state index contributed by atoms with van der Waals surface area (Å²) >= 11 is 0. The molecule has 0 bridgehead atoms. The first kappa shape index (κ1) is 11.6. The van der Waals surface area contributed by atoms with Gasteiger partial charge in [-0.05, 0) is 12.3 Å². The zero-order valence-corrected chi connectivity index (χ0v) is 8.34. The molecule has 0 saturated carbocycles. The lowest BCUT2D eigenvalue weighted by molar-refractivity contribution is -0.121. The Morgan fingerprint density at radius 2 is 2.00 bits per heavy atom. The number of carbonyl (C=O) groups excluding carboxylic acids is 1. The highest BCUT2D eigenvalue weighted by atomic mass is 16.3. The van der Waals surface area contributed by atoms with Crippen LogP contribution in [0.4, 0.5) is 0 Å². The van der Waals surface area contributed by atoms with Crippen LogP contribution in [0.5, 0.6) is 0 Å². The van der Waals surface area contributed by atoms with Gasteiger partial charge >= 0.3 is 0 Å². The van der Waals surface area contributed by atoms with E-state index in [9.17, 15) is 9.90 Å². The molecule has 0 rings (SSSR count). The predicted molar refractivity (Wildman–Crippen MR) is 50.0 cm³/mol. The van der Waals surface area contributed by atoms with Crippen LogP contribution in [0, 0.1) is 5.92 Å². The standard InChI is InChI=1S/C10H20O2/c1-4-5-6-9(11)7-10(12)8(2)3/h8,10,12H,4-7H2,1-3H3/t10-/m0/s1. The molecule has 1 N–H and O–H groups in total. The van der Waals surface area contributed by atoms with Crippen molar-refractivity contribution in [3.63, 3.8) is 0 Å². The van der Waals surface area contributed by atoms with Gasteiger partial charge in [0, 0.05) is 12.8 Å². The molecule has 0 amide bonds. The van der Waals surface area contributed by atoms with Gasteiger partial charge in [0.05, 0.1) is 6.10 Å². The van der Waals surface area contributed by atoms with Crippen LogP contribution >= 0.6 is 0 Å². The maximum atomic E-state index is 11.2. The third kappa shape index (κ3) is 5.30. The van der Waals surface area contributed by atoms with Gasteiger partial charge in [0.1, 0.15) is 5.78 Å². The first-order valence-corrected chi connectivity index (χ1v) is 4.77. The monoisotopic (exact) mass is 172 g/mol. The number of aliphatic hydroxyl groups is 1. The lowest BCUT2D eigenvalue weighted by Crippen LogP contribution is -2.19. The van der Waals surface area contributed by atoms with Crippen molar-refractivity contribution in [1.29, 1.82) is 0 Å². The molecule has 0 unspecified atom stereocenters. The van der Waals surface area contributed by atoms with Gasteiger partial charge in [0.15, 0.2) is 0 Å². The summed E-state index contributed by atoms with van der Waals surface area (Å²) in [7, 11) is 0. The Balaban J connectivity index is 3.54. The highest BCUT2D eigenvalue weighted by Gasteiger charge is 2.13. The number of carbonyl (C=O) groups is 1. The molecule has 0 saturated heterocycles. The smallest absolute Gasteiger partial charge is 0.135 e. The molecule has 0 spiro atoms. The van der Waals surface area contributed by atoms with Gasteiger partial charge in [-0.15, -0.1) is 0 Å². The van der Waals surface area contributed by atoms with E-state index in [0.717, 1.165) is 12.8 Å². The lowest BCUT2D eigenvalue weighted by atomic mass is 10.00. The Morgan fingerprint density at radius 1 is 1.42 bits per heavy atom. The lowest BCUT2D eigenvalue weighted by Gasteiger charge is -2.12. The summed E-state index contributed by atoms with van der Waals surface area (Å²) in [4.78, 5) is 11.2. The topological polar surface area (TPSA) is 37.3 Å². The van der Waals surface area contributed by atoms with E-state index in [-0.39, 0.29) is 11.7 Å². The van der Waals surface area contributed by atoms with Crippen molar-refractivity contribution in [1.82, 2.24) is 0 Å². The second-order valence-electron chi connectivity index (χ2n) is 3.66. The van der Waals surface area contributed by atoms with Gasteiger partial charge in [0.25, 0.3) is 0 Å². The number of aliphatic hydroxyl groups excluding tert-OH is 1. The Morgan fingerprint density at radius 3 is 2.42 bits per heavy atom. The van der Waals surface area contributed by atoms with E-state index in [2.05, 4.69) is 6.92 Å². The molecule has 2 heteroatoms. The average molecular weight is 172 g/mol. The zero-order valence-electron chi connectivity index (χ0n) is 8.34. The molecule has 12 heavy (non-hydrogen) atoms. The van der Waals surface area contributed by atoms with Crippen molar-refractivity contribution in [2.24, 2.45) is 5.92 Å². The van der Waals surface area contributed by atoms with Gasteiger partial charge in [0.2, 0.25) is 0 Å². The van der Waals surface area contributed by atoms with Gasteiger partial charge in [-0.3, -0.25) is 4.79 Å². The summed E-state index contributed by atoms with van der Waals surface area (Å²) in [6, 6.07) is 0. The number of Topliss-reactive ketones (excluding diaryl/α,β-unsaturated/α-hetero) is 1. The van der Waals surface area contributed by atoms with Crippen LogP contribution < -0.4 is 0 Å². The van der Waals surface area contributed by atoms with Gasteiger partial charge < -0.3 is 5.11 Å². The van der Waals surface area contributed by atoms with Gasteiger partial charge in [-0.2, -0.15) is 0 Å². The molecular formula is C10H20O2. The van der Waals surface area contributed by atoms with Crippen molar-refractivity contribution in [2.45, 2.75) is 52.6 Å². The van der Waals surface area contributed by atoms with Crippen LogP contribution in [0.25, 0.3) is 0 Å². The van der Waals surface area contributed by atoms with E-state index in [1.807, 2.05) is 13.8 Å². The van der Waals surface area contributed by atoms with E-state index in [1.165, 1.54) is 0 Å². The zero-order chi connectivity index (χ0) is 9.56. The van der Waals surface area contributed by atoms with Crippen LogP contribution in [-0.4, -0.2) is 17.0 Å². The molecule has 0 aromatic heterocycles. The highest BCUT2D eigenvalue weighted by Crippen LogP contribution is 2.08. The summed E-state index contributed by atoms with van der Waals surface area (Å²) in [6.45, 7) is 5.92. The van der Waals surface area contributed by atoms with E-state index in [4.69, 9.17) is 0 Å². The first-order chi connectivity index (χ1) is 5.57. The number of hydrogen-bond donors (Lipinski definition) is 1. The van der Waals surface area contributed by atoms with E-state index >= 15 is 0 Å². The Hall–Kier alpha value is -0.370. The van der Waals surface area contributed by atoms with Crippen molar-refractivity contribution >= 4 is 5.78 Å². The summed E-state index contributed by atoms with van der Waals surface area (Å²) < 4.78 is 0. The van der Waals surface area contributed by atoms with Gasteiger partial charge in [-0.25, -0.2) is 0 Å². The van der Waals surface area contributed by atoms with Crippen molar-refractivity contribution in [2.75, 3.05) is 0 Å². The van der Waals surface area contributed by atoms with Crippen molar-refractivity contribution in [3.8, 4) is 0 Å². The van der Waals surface area contributed by atoms with E-state index in [0.29, 0.717) is 12.8 Å². The van der Waals surface area contributed by atoms with Crippen LogP contribution in [0.15, 0.2) is 0 Å². The molecule has 2 nitrogen and oxygen atoms in total. The Labute approximate surface area is 75.0 Å².